The molecule has 2 aromatic heterocycles. The third kappa shape index (κ3) is 3.15. The molecule has 0 aliphatic carbocycles. The zero-order valence-corrected chi connectivity index (χ0v) is 13.7. The van der Waals surface area contributed by atoms with E-state index in [1.165, 1.54) is 22.3 Å². The van der Waals surface area contributed by atoms with Crippen LogP contribution >= 0.6 is 11.3 Å². The van der Waals surface area contributed by atoms with Crippen molar-refractivity contribution in [3.8, 4) is 16.9 Å². The quantitative estimate of drug-likeness (QED) is 0.613. The summed E-state index contributed by atoms with van der Waals surface area (Å²) in [6, 6.07) is 16.8. The minimum atomic E-state index is -0.212. The number of nitrogens with zero attached hydrogens (tertiary/aromatic N) is 5. The van der Waals surface area contributed by atoms with E-state index in [0.29, 0.717) is 16.3 Å². The first-order valence-corrected chi connectivity index (χ1v) is 8.33. The van der Waals surface area contributed by atoms with Gasteiger partial charge >= 0.3 is 0 Å². The molecule has 1 N–H and O–H groups in total. The summed E-state index contributed by atoms with van der Waals surface area (Å²) >= 11 is 1.39. The van der Waals surface area contributed by atoms with Gasteiger partial charge in [0, 0.05) is 11.1 Å². The normalized spacial score (nSPS) is 10.6. The Morgan fingerprint density at radius 1 is 1.08 bits per heavy atom. The highest BCUT2D eigenvalue weighted by molar-refractivity contribution is 7.14. The summed E-state index contributed by atoms with van der Waals surface area (Å²) < 4.78 is 1.50. The van der Waals surface area contributed by atoms with Crippen LogP contribution in [0.25, 0.3) is 16.9 Å². The van der Waals surface area contributed by atoms with Crippen LogP contribution in [-0.2, 0) is 0 Å². The zero-order chi connectivity index (χ0) is 17.1. The molecule has 0 bridgehead atoms. The van der Waals surface area contributed by atoms with E-state index in [0.717, 1.165) is 11.3 Å². The largest absolute Gasteiger partial charge is 0.312 e. The van der Waals surface area contributed by atoms with Crippen molar-refractivity contribution in [1.82, 2.24) is 25.2 Å². The molecule has 0 unspecified atom stereocenters. The topological polar surface area (TPSA) is 85.6 Å². The number of amides is 1. The molecule has 0 fully saturated rings. The van der Waals surface area contributed by atoms with Crippen molar-refractivity contribution < 1.29 is 4.79 Å². The molecule has 4 rings (SSSR count). The van der Waals surface area contributed by atoms with Crippen molar-refractivity contribution >= 4 is 22.2 Å². The number of benzene rings is 2. The summed E-state index contributed by atoms with van der Waals surface area (Å²) in [5, 5.41) is 14.7. The monoisotopic (exact) mass is 348 g/mol. The molecule has 2 heterocycles. The van der Waals surface area contributed by atoms with E-state index in [4.69, 9.17) is 0 Å². The highest BCUT2D eigenvalue weighted by Crippen LogP contribution is 2.30. The Hall–Kier alpha value is -3.39. The Kier molecular flexibility index (Phi) is 4.01. The predicted molar refractivity (Wildman–Crippen MR) is 94.7 cm³/mol. The van der Waals surface area contributed by atoms with Gasteiger partial charge in [-0.2, -0.15) is 0 Å². The van der Waals surface area contributed by atoms with Crippen LogP contribution in [0.15, 0.2) is 66.4 Å². The highest BCUT2D eigenvalue weighted by atomic mass is 32.1. The molecule has 122 valence electrons. The zero-order valence-electron chi connectivity index (χ0n) is 12.9. The van der Waals surface area contributed by atoms with Gasteiger partial charge in [-0.3, -0.25) is 4.79 Å². The molecule has 25 heavy (non-hydrogen) atoms. The molecule has 0 spiro atoms. The van der Waals surface area contributed by atoms with Gasteiger partial charge in [0.25, 0.3) is 5.91 Å². The van der Waals surface area contributed by atoms with Crippen molar-refractivity contribution in [2.75, 3.05) is 5.32 Å². The van der Waals surface area contributed by atoms with E-state index < -0.39 is 0 Å². The highest BCUT2D eigenvalue weighted by Gasteiger charge is 2.13. The van der Waals surface area contributed by atoms with Gasteiger partial charge in [0.1, 0.15) is 17.0 Å². The second-order valence-corrected chi connectivity index (χ2v) is 6.01. The molecule has 0 saturated carbocycles. The van der Waals surface area contributed by atoms with Crippen LogP contribution in [-0.4, -0.2) is 31.1 Å². The van der Waals surface area contributed by atoms with Gasteiger partial charge < -0.3 is 5.32 Å². The summed E-state index contributed by atoms with van der Waals surface area (Å²) in [5.74, 6) is -0.212. The number of carbonyl (C=O) groups is 1. The summed E-state index contributed by atoms with van der Waals surface area (Å²) in [7, 11) is 0. The molecule has 0 saturated heterocycles. The van der Waals surface area contributed by atoms with Crippen molar-refractivity contribution in [3.05, 3.63) is 72.0 Å². The number of hydrogen-bond acceptors (Lipinski definition) is 6. The predicted octanol–water partition coefficient (Wildman–Crippen LogP) is 3.04. The molecule has 0 radical (unpaired) electrons. The van der Waals surface area contributed by atoms with Crippen LogP contribution in [0, 0.1) is 0 Å². The molecule has 2 aromatic carbocycles. The van der Waals surface area contributed by atoms with Crippen molar-refractivity contribution in [2.24, 2.45) is 0 Å². The summed E-state index contributed by atoms with van der Waals surface area (Å²) in [6.45, 7) is 0. The second kappa shape index (κ2) is 6.62. The molecular formula is C17H12N6OS. The van der Waals surface area contributed by atoms with Crippen LogP contribution in [0.4, 0.5) is 5.00 Å². The van der Waals surface area contributed by atoms with Gasteiger partial charge in [-0.15, -0.1) is 16.4 Å². The first-order chi connectivity index (χ1) is 12.3. The molecule has 0 aliphatic heterocycles. The number of carbonyl (C=O) groups excluding carboxylic acids is 1. The molecular weight excluding hydrogens is 336 g/mol. The van der Waals surface area contributed by atoms with Crippen molar-refractivity contribution in [1.29, 1.82) is 0 Å². The number of tetrazole rings is 1. The van der Waals surface area contributed by atoms with E-state index in [9.17, 15) is 4.79 Å². The Balaban J connectivity index is 1.60. The lowest BCUT2D eigenvalue weighted by molar-refractivity contribution is 0.102. The number of thiazole rings is 1. The molecule has 0 aliphatic rings. The summed E-state index contributed by atoms with van der Waals surface area (Å²) in [5.41, 5.74) is 4.66. The lowest BCUT2D eigenvalue weighted by Crippen LogP contribution is -2.12. The summed E-state index contributed by atoms with van der Waals surface area (Å²) in [6.07, 6.45) is 1.48. The van der Waals surface area contributed by atoms with Crippen molar-refractivity contribution in [2.45, 2.75) is 0 Å². The van der Waals surface area contributed by atoms with E-state index in [2.05, 4.69) is 25.8 Å². The molecule has 8 heteroatoms. The molecule has 0 atom stereocenters. The van der Waals surface area contributed by atoms with Crippen LogP contribution in [0.2, 0.25) is 0 Å². The Morgan fingerprint density at radius 2 is 1.96 bits per heavy atom. The Bertz CT molecular complexity index is 997. The Morgan fingerprint density at radius 3 is 2.76 bits per heavy atom. The maximum absolute atomic E-state index is 12.6. The number of anilines is 1. The third-order valence-electron chi connectivity index (χ3n) is 3.56. The minimum absolute atomic E-state index is 0.212. The lowest BCUT2D eigenvalue weighted by atomic mass is 10.1. The van der Waals surface area contributed by atoms with Crippen LogP contribution in [0.5, 0.6) is 0 Å². The van der Waals surface area contributed by atoms with Crippen LogP contribution < -0.4 is 5.32 Å². The number of hydrogen-bond donors (Lipinski definition) is 1. The fourth-order valence-electron chi connectivity index (χ4n) is 2.38. The van der Waals surface area contributed by atoms with Gasteiger partial charge in [-0.25, -0.2) is 9.67 Å². The van der Waals surface area contributed by atoms with Crippen molar-refractivity contribution in [3.63, 3.8) is 0 Å². The smallest absolute Gasteiger partial charge is 0.256 e. The van der Waals surface area contributed by atoms with E-state index in [1.807, 2.05) is 36.4 Å². The molecule has 1 amide bonds. The first-order valence-electron chi connectivity index (χ1n) is 7.45. The fraction of sp³-hybridized carbons (Fsp3) is 0. The van der Waals surface area contributed by atoms with Gasteiger partial charge in [0.05, 0.1) is 11.2 Å². The van der Waals surface area contributed by atoms with E-state index in [-0.39, 0.29) is 5.91 Å². The van der Waals surface area contributed by atoms with Crippen LogP contribution in [0.1, 0.15) is 10.4 Å². The second-order valence-electron chi connectivity index (χ2n) is 5.15. The lowest BCUT2D eigenvalue weighted by Gasteiger charge is -2.07. The minimum Gasteiger partial charge on any atom is -0.312 e. The number of rotatable bonds is 4. The number of aromatic nitrogens is 5. The average Bonchev–Trinajstić information content (AvgIpc) is 3.34. The third-order valence-corrected chi connectivity index (χ3v) is 4.31. The Labute approximate surface area is 147 Å². The van der Waals surface area contributed by atoms with E-state index >= 15 is 0 Å². The van der Waals surface area contributed by atoms with Crippen LogP contribution in [0.3, 0.4) is 0 Å². The fourth-order valence-corrected chi connectivity index (χ4v) is 3.08. The average molecular weight is 348 g/mol. The maximum Gasteiger partial charge on any atom is 0.256 e. The maximum atomic E-state index is 12.6. The molecule has 4 aromatic rings. The SMILES string of the molecule is O=C(Nc1scnc1-c1ccccc1)c1cccc(-n2cnnn2)c1. The summed E-state index contributed by atoms with van der Waals surface area (Å²) in [4.78, 5) is 17.0. The van der Waals surface area contributed by atoms with Gasteiger partial charge in [-0.1, -0.05) is 36.4 Å². The van der Waals surface area contributed by atoms with E-state index in [1.54, 1.807) is 23.7 Å². The van der Waals surface area contributed by atoms with Gasteiger partial charge in [-0.05, 0) is 28.6 Å². The number of nitrogens with one attached hydrogen (secondary N) is 1. The first kappa shape index (κ1) is 15.2. The van der Waals surface area contributed by atoms with Gasteiger partial charge in [0.2, 0.25) is 0 Å². The molecule has 7 nitrogen and oxygen atoms in total. The standard InChI is InChI=1S/C17H12N6OS/c24-16(13-7-4-8-14(9-13)23-10-19-21-22-23)20-17-15(18-11-25-17)12-5-2-1-3-6-12/h1-11H,(H,20,24). The van der Waals surface area contributed by atoms with Gasteiger partial charge in [0.15, 0.2) is 0 Å².